The molecule has 4 heterocycles. The van der Waals surface area contributed by atoms with Gasteiger partial charge in [-0.25, -0.2) is 4.39 Å². The van der Waals surface area contributed by atoms with Gasteiger partial charge in [-0.3, -0.25) is 19.7 Å². The number of rotatable bonds is 5. The fraction of sp³-hybridized carbons (Fsp3) is 0.444. The van der Waals surface area contributed by atoms with Gasteiger partial charge in [0.25, 0.3) is 0 Å². The van der Waals surface area contributed by atoms with Gasteiger partial charge in [-0.2, -0.15) is 0 Å². The van der Waals surface area contributed by atoms with Gasteiger partial charge in [0.1, 0.15) is 5.82 Å². The molecule has 34 heavy (non-hydrogen) atoms. The SMILES string of the molecule is Cc1cc(C2=NCC3=C2CN(C(=O)CC2CCCN(Cc4c(F)cccc4Cl)C2)CC3)ccn1. The molecule has 1 amide bonds. The summed E-state index contributed by atoms with van der Waals surface area (Å²) in [6, 6.07) is 8.89. The summed E-state index contributed by atoms with van der Waals surface area (Å²) in [5.74, 6) is 0.225. The van der Waals surface area contributed by atoms with Crippen molar-refractivity contribution in [2.75, 3.05) is 32.7 Å². The zero-order valence-corrected chi connectivity index (χ0v) is 20.3. The molecule has 1 aromatic carbocycles. The number of piperidine rings is 1. The third kappa shape index (κ3) is 4.93. The first-order chi connectivity index (χ1) is 16.5. The van der Waals surface area contributed by atoms with Crippen molar-refractivity contribution in [1.82, 2.24) is 14.8 Å². The Bertz CT molecular complexity index is 1140. The molecule has 1 unspecified atom stereocenters. The first-order valence-electron chi connectivity index (χ1n) is 12.1. The molecule has 1 saturated heterocycles. The number of hydrogen-bond donors (Lipinski definition) is 0. The molecule has 2 aromatic rings. The minimum absolute atomic E-state index is 0.208. The lowest BCUT2D eigenvalue weighted by Crippen LogP contribution is -2.41. The normalized spacial score (nSPS) is 21.0. The number of halogens is 2. The van der Waals surface area contributed by atoms with Crippen LogP contribution >= 0.6 is 11.6 Å². The molecular weight excluding hydrogens is 451 g/mol. The summed E-state index contributed by atoms with van der Waals surface area (Å²) in [5.41, 5.74) is 6.19. The van der Waals surface area contributed by atoms with E-state index in [1.54, 1.807) is 12.1 Å². The van der Waals surface area contributed by atoms with Crippen molar-refractivity contribution in [2.45, 2.75) is 39.2 Å². The first-order valence-corrected chi connectivity index (χ1v) is 12.5. The van der Waals surface area contributed by atoms with Gasteiger partial charge in [0.05, 0.1) is 12.3 Å². The van der Waals surface area contributed by atoms with E-state index in [4.69, 9.17) is 16.6 Å². The summed E-state index contributed by atoms with van der Waals surface area (Å²) in [7, 11) is 0. The van der Waals surface area contributed by atoms with Gasteiger partial charge in [0.15, 0.2) is 0 Å². The van der Waals surface area contributed by atoms with E-state index in [9.17, 15) is 9.18 Å². The summed E-state index contributed by atoms with van der Waals surface area (Å²) in [4.78, 5) is 26.6. The van der Waals surface area contributed by atoms with Crippen LogP contribution < -0.4 is 0 Å². The highest BCUT2D eigenvalue weighted by atomic mass is 35.5. The Labute approximate surface area is 205 Å². The standard InChI is InChI=1S/C27H30ClFN4O/c1-18-12-20(7-9-30-18)27-22-17-33(11-8-21(22)14-31-27)26(34)13-19-4-3-10-32(15-19)16-23-24(28)5-2-6-25(23)29/h2,5-7,9,12,19H,3-4,8,10-11,13-17H2,1H3. The van der Waals surface area contributed by atoms with Crippen molar-refractivity contribution < 1.29 is 9.18 Å². The number of pyridine rings is 1. The third-order valence-corrected chi connectivity index (χ3v) is 7.56. The van der Waals surface area contributed by atoms with Gasteiger partial charge >= 0.3 is 0 Å². The Kier molecular flexibility index (Phi) is 6.79. The molecule has 5 nitrogen and oxygen atoms in total. The van der Waals surface area contributed by atoms with Crippen LogP contribution in [0.1, 0.15) is 42.5 Å². The monoisotopic (exact) mass is 480 g/mol. The molecule has 0 saturated carbocycles. The molecule has 7 heteroatoms. The lowest BCUT2D eigenvalue weighted by Gasteiger charge is -2.35. The number of amides is 1. The van der Waals surface area contributed by atoms with Crippen LogP contribution in [0.4, 0.5) is 4.39 Å². The van der Waals surface area contributed by atoms with Crippen molar-refractivity contribution in [1.29, 1.82) is 0 Å². The second kappa shape index (κ2) is 9.96. The smallest absolute Gasteiger partial charge is 0.223 e. The van der Waals surface area contributed by atoms with Gasteiger partial charge in [0.2, 0.25) is 5.91 Å². The molecule has 0 spiro atoms. The van der Waals surface area contributed by atoms with E-state index < -0.39 is 0 Å². The van der Waals surface area contributed by atoms with Crippen molar-refractivity contribution in [3.63, 3.8) is 0 Å². The highest BCUT2D eigenvalue weighted by Crippen LogP contribution is 2.30. The molecule has 1 fully saturated rings. The van der Waals surface area contributed by atoms with Crippen LogP contribution in [0.3, 0.4) is 0 Å². The van der Waals surface area contributed by atoms with Crippen molar-refractivity contribution in [3.05, 3.63) is 75.3 Å². The summed E-state index contributed by atoms with van der Waals surface area (Å²) >= 11 is 6.24. The quantitative estimate of drug-likeness (QED) is 0.616. The number of hydrogen-bond acceptors (Lipinski definition) is 4. The van der Waals surface area contributed by atoms with E-state index in [-0.39, 0.29) is 17.6 Å². The maximum absolute atomic E-state index is 14.2. The van der Waals surface area contributed by atoms with Gasteiger partial charge in [0, 0.05) is 60.6 Å². The number of aromatic nitrogens is 1. The average Bonchev–Trinajstić information content (AvgIpc) is 3.25. The Hall–Kier alpha value is -2.57. The largest absolute Gasteiger partial charge is 0.338 e. The second-order valence-corrected chi connectivity index (χ2v) is 10.1. The van der Waals surface area contributed by atoms with Crippen LogP contribution in [0.15, 0.2) is 52.7 Å². The predicted molar refractivity (Wildman–Crippen MR) is 133 cm³/mol. The molecule has 5 rings (SSSR count). The summed E-state index contributed by atoms with van der Waals surface area (Å²) in [5, 5.41) is 0.467. The number of carbonyl (C=O) groups excluding carboxylic acids is 1. The Morgan fingerprint density at radius 3 is 2.97 bits per heavy atom. The van der Waals surface area contributed by atoms with Crippen LogP contribution in [-0.2, 0) is 11.3 Å². The van der Waals surface area contributed by atoms with Crippen LogP contribution in [0.25, 0.3) is 0 Å². The fourth-order valence-electron chi connectivity index (χ4n) is 5.41. The predicted octanol–water partition coefficient (Wildman–Crippen LogP) is 4.82. The van der Waals surface area contributed by atoms with E-state index in [2.05, 4.69) is 16.0 Å². The zero-order valence-electron chi connectivity index (χ0n) is 19.6. The minimum atomic E-state index is -0.262. The van der Waals surface area contributed by atoms with E-state index in [0.29, 0.717) is 30.1 Å². The second-order valence-electron chi connectivity index (χ2n) is 9.65. The van der Waals surface area contributed by atoms with Crippen molar-refractivity contribution in [2.24, 2.45) is 10.9 Å². The molecule has 0 N–H and O–H groups in total. The Morgan fingerprint density at radius 2 is 2.15 bits per heavy atom. The lowest BCUT2D eigenvalue weighted by atomic mass is 9.92. The number of benzene rings is 1. The van der Waals surface area contributed by atoms with Gasteiger partial charge in [-0.15, -0.1) is 0 Å². The zero-order chi connectivity index (χ0) is 23.7. The van der Waals surface area contributed by atoms with Gasteiger partial charge in [-0.1, -0.05) is 17.7 Å². The Balaban J connectivity index is 1.21. The maximum Gasteiger partial charge on any atom is 0.223 e. The number of aryl methyl sites for hydroxylation is 1. The molecule has 3 aliphatic rings. The van der Waals surface area contributed by atoms with Crippen LogP contribution in [-0.4, -0.2) is 59.1 Å². The lowest BCUT2D eigenvalue weighted by molar-refractivity contribution is -0.132. The highest BCUT2D eigenvalue weighted by Gasteiger charge is 2.31. The van der Waals surface area contributed by atoms with E-state index in [1.807, 2.05) is 24.1 Å². The molecule has 178 valence electrons. The topological polar surface area (TPSA) is 48.8 Å². The van der Waals surface area contributed by atoms with Crippen molar-refractivity contribution in [3.8, 4) is 0 Å². The molecule has 3 aliphatic heterocycles. The molecule has 0 radical (unpaired) electrons. The van der Waals surface area contributed by atoms with E-state index in [1.165, 1.54) is 17.2 Å². The van der Waals surface area contributed by atoms with Crippen LogP contribution in [0, 0.1) is 18.7 Å². The molecular formula is C27H30ClFN4O. The maximum atomic E-state index is 14.2. The number of likely N-dealkylation sites (tertiary alicyclic amines) is 1. The Morgan fingerprint density at radius 1 is 1.26 bits per heavy atom. The van der Waals surface area contributed by atoms with Gasteiger partial charge in [-0.05, 0) is 74.1 Å². The number of aliphatic imine (C=N–C) groups is 1. The number of carbonyl (C=O) groups is 1. The van der Waals surface area contributed by atoms with Crippen LogP contribution in [0.5, 0.6) is 0 Å². The molecule has 1 aromatic heterocycles. The molecule has 0 bridgehead atoms. The fourth-order valence-corrected chi connectivity index (χ4v) is 5.63. The third-order valence-electron chi connectivity index (χ3n) is 7.21. The molecule has 1 atom stereocenters. The molecule has 0 aliphatic carbocycles. The van der Waals surface area contributed by atoms with Crippen LogP contribution in [0.2, 0.25) is 5.02 Å². The number of nitrogens with zero attached hydrogens (tertiary/aromatic N) is 4. The van der Waals surface area contributed by atoms with E-state index in [0.717, 1.165) is 62.4 Å². The highest BCUT2D eigenvalue weighted by molar-refractivity contribution is 6.31. The summed E-state index contributed by atoms with van der Waals surface area (Å²) in [6.07, 6.45) is 5.28. The first kappa shape index (κ1) is 23.2. The van der Waals surface area contributed by atoms with Gasteiger partial charge < -0.3 is 4.90 Å². The van der Waals surface area contributed by atoms with Crippen molar-refractivity contribution >= 4 is 23.2 Å². The average molecular weight is 481 g/mol. The minimum Gasteiger partial charge on any atom is -0.338 e. The summed E-state index contributed by atoms with van der Waals surface area (Å²) < 4.78 is 14.2. The van der Waals surface area contributed by atoms with E-state index >= 15 is 0 Å². The summed E-state index contributed by atoms with van der Waals surface area (Å²) in [6.45, 7) is 6.30.